The number of amides is 3. The van der Waals surface area contributed by atoms with Crippen molar-refractivity contribution >= 4 is 17.7 Å². The third-order valence-corrected chi connectivity index (χ3v) is 5.21. The zero-order valence-electron chi connectivity index (χ0n) is 15.4. The molecule has 2 aliphatic heterocycles. The maximum absolute atomic E-state index is 12.4. The van der Waals surface area contributed by atoms with Gasteiger partial charge in [-0.15, -0.1) is 0 Å². The number of likely N-dealkylation sites (tertiary alicyclic amines) is 1. The normalized spacial score (nSPS) is 22.4. The average molecular weight is 374 g/mol. The van der Waals surface area contributed by atoms with Crippen LogP contribution in [0.2, 0.25) is 0 Å². The van der Waals surface area contributed by atoms with Crippen LogP contribution in [0.1, 0.15) is 24.8 Å². The SMILES string of the molecule is COc1ccc(C[C@H](N)C(=O)NC2CCN(C3CC(=O)NC3=O)CC2)cc1. The highest BCUT2D eigenvalue weighted by Gasteiger charge is 2.37. The fourth-order valence-corrected chi connectivity index (χ4v) is 3.61. The van der Waals surface area contributed by atoms with E-state index in [1.807, 2.05) is 29.2 Å². The first-order valence-electron chi connectivity index (χ1n) is 9.23. The van der Waals surface area contributed by atoms with Gasteiger partial charge in [0, 0.05) is 19.1 Å². The maximum atomic E-state index is 12.4. The van der Waals surface area contributed by atoms with Crippen molar-refractivity contribution in [1.29, 1.82) is 0 Å². The van der Waals surface area contributed by atoms with Gasteiger partial charge in [0.15, 0.2) is 0 Å². The van der Waals surface area contributed by atoms with Crippen molar-refractivity contribution in [2.24, 2.45) is 5.73 Å². The van der Waals surface area contributed by atoms with Gasteiger partial charge in [-0.1, -0.05) is 12.1 Å². The number of carbonyl (C=O) groups excluding carboxylic acids is 3. The lowest BCUT2D eigenvalue weighted by Gasteiger charge is -2.35. The van der Waals surface area contributed by atoms with Gasteiger partial charge in [0.05, 0.1) is 25.6 Å². The quantitative estimate of drug-likeness (QED) is 0.582. The molecule has 4 N–H and O–H groups in total. The van der Waals surface area contributed by atoms with Crippen LogP contribution < -0.4 is 21.1 Å². The van der Waals surface area contributed by atoms with Gasteiger partial charge in [-0.2, -0.15) is 0 Å². The van der Waals surface area contributed by atoms with Gasteiger partial charge in [0.1, 0.15) is 5.75 Å². The summed E-state index contributed by atoms with van der Waals surface area (Å²) in [5, 5.41) is 5.35. The molecule has 1 unspecified atom stereocenters. The Morgan fingerprint density at radius 1 is 1.30 bits per heavy atom. The molecule has 2 heterocycles. The molecule has 0 aliphatic carbocycles. The van der Waals surface area contributed by atoms with Gasteiger partial charge >= 0.3 is 0 Å². The summed E-state index contributed by atoms with van der Waals surface area (Å²) < 4.78 is 5.12. The lowest BCUT2D eigenvalue weighted by atomic mass is 10.0. The summed E-state index contributed by atoms with van der Waals surface area (Å²) in [5.41, 5.74) is 7.03. The number of imide groups is 1. The van der Waals surface area contributed by atoms with Crippen LogP contribution in [0.4, 0.5) is 0 Å². The molecular weight excluding hydrogens is 348 g/mol. The van der Waals surface area contributed by atoms with E-state index in [-0.39, 0.29) is 36.2 Å². The zero-order chi connectivity index (χ0) is 19.4. The molecule has 2 fully saturated rings. The summed E-state index contributed by atoms with van der Waals surface area (Å²) >= 11 is 0. The second kappa shape index (κ2) is 8.49. The van der Waals surface area contributed by atoms with E-state index < -0.39 is 6.04 Å². The Morgan fingerprint density at radius 2 is 1.96 bits per heavy atom. The van der Waals surface area contributed by atoms with Crippen molar-refractivity contribution in [2.45, 2.75) is 43.8 Å². The highest BCUT2D eigenvalue weighted by Crippen LogP contribution is 2.18. The van der Waals surface area contributed by atoms with E-state index in [1.54, 1.807) is 7.11 Å². The van der Waals surface area contributed by atoms with Crippen molar-refractivity contribution in [3.05, 3.63) is 29.8 Å². The number of nitrogens with two attached hydrogens (primary N) is 1. The molecular formula is C19H26N4O4. The fourth-order valence-electron chi connectivity index (χ4n) is 3.61. The molecule has 2 atom stereocenters. The molecule has 146 valence electrons. The molecule has 1 aromatic rings. The molecule has 0 bridgehead atoms. The summed E-state index contributed by atoms with van der Waals surface area (Å²) in [6.07, 6.45) is 2.15. The van der Waals surface area contributed by atoms with Gasteiger partial charge in [-0.3, -0.25) is 24.6 Å². The minimum atomic E-state index is -0.616. The van der Waals surface area contributed by atoms with Crippen molar-refractivity contribution in [1.82, 2.24) is 15.5 Å². The van der Waals surface area contributed by atoms with Crippen molar-refractivity contribution in [3.8, 4) is 5.75 Å². The first kappa shape index (κ1) is 19.3. The monoisotopic (exact) mass is 374 g/mol. The standard InChI is InChI=1S/C19H26N4O4/c1-27-14-4-2-12(3-5-14)10-15(20)18(25)21-13-6-8-23(9-7-13)16-11-17(24)22-19(16)26/h2-5,13,15-16H,6-11,20H2,1H3,(H,21,25)(H,22,24,26)/t15-,16?/m0/s1. The summed E-state index contributed by atoms with van der Waals surface area (Å²) in [6.45, 7) is 1.34. The highest BCUT2D eigenvalue weighted by molar-refractivity contribution is 6.05. The molecule has 2 saturated heterocycles. The number of benzene rings is 1. The van der Waals surface area contributed by atoms with Crippen LogP contribution >= 0.6 is 0 Å². The predicted molar refractivity (Wildman–Crippen MR) is 99.0 cm³/mol. The minimum Gasteiger partial charge on any atom is -0.497 e. The largest absolute Gasteiger partial charge is 0.497 e. The number of methoxy groups -OCH3 is 1. The second-order valence-electron chi connectivity index (χ2n) is 7.11. The molecule has 8 heteroatoms. The second-order valence-corrected chi connectivity index (χ2v) is 7.11. The van der Waals surface area contributed by atoms with Gasteiger partial charge in [0.2, 0.25) is 17.7 Å². The number of ether oxygens (including phenoxy) is 1. The smallest absolute Gasteiger partial charge is 0.244 e. The van der Waals surface area contributed by atoms with Crippen LogP contribution in [0.25, 0.3) is 0 Å². The van der Waals surface area contributed by atoms with Gasteiger partial charge < -0.3 is 15.8 Å². The topological polar surface area (TPSA) is 114 Å². The minimum absolute atomic E-state index is 0.0378. The molecule has 8 nitrogen and oxygen atoms in total. The third-order valence-electron chi connectivity index (χ3n) is 5.21. The predicted octanol–water partition coefficient (Wildman–Crippen LogP) is -0.439. The number of rotatable bonds is 6. The van der Waals surface area contributed by atoms with Crippen LogP contribution in [-0.4, -0.2) is 60.9 Å². The number of hydrogen-bond acceptors (Lipinski definition) is 6. The van der Waals surface area contributed by atoms with E-state index in [0.29, 0.717) is 19.5 Å². The van der Waals surface area contributed by atoms with Crippen molar-refractivity contribution < 1.29 is 19.1 Å². The van der Waals surface area contributed by atoms with E-state index in [1.165, 1.54) is 0 Å². The van der Waals surface area contributed by atoms with E-state index in [9.17, 15) is 14.4 Å². The van der Waals surface area contributed by atoms with Crippen molar-refractivity contribution in [3.63, 3.8) is 0 Å². The molecule has 0 aromatic heterocycles. The lowest BCUT2D eigenvalue weighted by molar-refractivity contribution is -0.127. The Balaban J connectivity index is 1.44. The fraction of sp³-hybridized carbons (Fsp3) is 0.526. The number of nitrogens with zero attached hydrogens (tertiary/aromatic N) is 1. The summed E-state index contributed by atoms with van der Waals surface area (Å²) in [5.74, 6) is 0.160. The molecule has 27 heavy (non-hydrogen) atoms. The third kappa shape index (κ3) is 4.84. The summed E-state index contributed by atoms with van der Waals surface area (Å²) in [4.78, 5) is 37.5. The Bertz CT molecular complexity index is 698. The van der Waals surface area contributed by atoms with Crippen LogP contribution in [0.15, 0.2) is 24.3 Å². The maximum Gasteiger partial charge on any atom is 0.244 e. The zero-order valence-corrected chi connectivity index (χ0v) is 15.4. The van der Waals surface area contributed by atoms with Crippen LogP contribution in [0.5, 0.6) is 5.75 Å². The molecule has 0 spiro atoms. The van der Waals surface area contributed by atoms with E-state index in [2.05, 4.69) is 10.6 Å². The Kier molecular flexibility index (Phi) is 6.08. The first-order chi connectivity index (χ1) is 13.0. The van der Waals surface area contributed by atoms with E-state index in [4.69, 9.17) is 10.5 Å². The van der Waals surface area contributed by atoms with Crippen molar-refractivity contribution in [2.75, 3.05) is 20.2 Å². The first-order valence-corrected chi connectivity index (χ1v) is 9.23. The summed E-state index contributed by atoms with van der Waals surface area (Å²) in [6, 6.07) is 6.55. The number of nitrogens with one attached hydrogen (secondary N) is 2. The Hall–Kier alpha value is -2.45. The van der Waals surface area contributed by atoms with E-state index in [0.717, 1.165) is 24.2 Å². The molecule has 3 amide bonds. The van der Waals surface area contributed by atoms with Gasteiger partial charge in [-0.05, 0) is 37.0 Å². The lowest BCUT2D eigenvalue weighted by Crippen LogP contribution is -2.52. The Morgan fingerprint density at radius 3 is 2.52 bits per heavy atom. The molecule has 0 radical (unpaired) electrons. The molecule has 1 aromatic carbocycles. The van der Waals surface area contributed by atoms with Crippen LogP contribution in [-0.2, 0) is 20.8 Å². The number of hydrogen-bond donors (Lipinski definition) is 3. The van der Waals surface area contributed by atoms with Crippen LogP contribution in [0, 0.1) is 0 Å². The van der Waals surface area contributed by atoms with Crippen LogP contribution in [0.3, 0.4) is 0 Å². The highest BCUT2D eigenvalue weighted by atomic mass is 16.5. The number of piperidine rings is 1. The van der Waals surface area contributed by atoms with Gasteiger partial charge in [0.25, 0.3) is 0 Å². The van der Waals surface area contributed by atoms with E-state index >= 15 is 0 Å². The number of carbonyl (C=O) groups is 3. The Labute approximate surface area is 158 Å². The molecule has 2 aliphatic rings. The molecule has 3 rings (SSSR count). The average Bonchev–Trinajstić information content (AvgIpc) is 3.01. The van der Waals surface area contributed by atoms with Gasteiger partial charge in [-0.25, -0.2) is 0 Å². The molecule has 0 saturated carbocycles. The summed E-state index contributed by atoms with van der Waals surface area (Å²) in [7, 11) is 1.61.